The van der Waals surface area contributed by atoms with Gasteiger partial charge < -0.3 is 4.74 Å². The van der Waals surface area contributed by atoms with E-state index in [1.165, 1.54) is 19.2 Å². The van der Waals surface area contributed by atoms with Crippen molar-refractivity contribution < 1.29 is 14.5 Å². The maximum atomic E-state index is 12.1. The molecule has 0 atom stereocenters. The number of halogens is 1. The third-order valence-electron chi connectivity index (χ3n) is 3.53. The number of non-ortho nitro benzene ring substituents is 1. The standard InChI is InChI=1S/C17H11BrN2O4/c1-24-17(21)14-9-16(10-3-2-4-12(7-10)20(22)23)19-15-6-5-11(18)8-13(14)15/h2-9H,1H3. The predicted molar refractivity (Wildman–Crippen MR) is 92.9 cm³/mol. The lowest BCUT2D eigenvalue weighted by Gasteiger charge is -2.09. The largest absolute Gasteiger partial charge is 0.465 e. The van der Waals surface area contributed by atoms with E-state index >= 15 is 0 Å². The van der Waals surface area contributed by atoms with Gasteiger partial charge in [-0.05, 0) is 24.3 Å². The number of aromatic nitrogens is 1. The fourth-order valence-electron chi connectivity index (χ4n) is 2.40. The van der Waals surface area contributed by atoms with Crippen LogP contribution in [-0.4, -0.2) is 23.0 Å². The summed E-state index contributed by atoms with van der Waals surface area (Å²) in [4.78, 5) is 27.1. The van der Waals surface area contributed by atoms with E-state index in [4.69, 9.17) is 4.74 Å². The molecule has 6 nitrogen and oxygen atoms in total. The number of carbonyl (C=O) groups is 1. The Hall–Kier alpha value is -2.80. The Bertz CT molecular complexity index is 972. The second-order valence-electron chi connectivity index (χ2n) is 5.02. The summed E-state index contributed by atoms with van der Waals surface area (Å²) >= 11 is 3.37. The second kappa shape index (κ2) is 6.37. The first-order valence-corrected chi connectivity index (χ1v) is 7.72. The summed E-state index contributed by atoms with van der Waals surface area (Å²) in [5.74, 6) is -0.493. The van der Waals surface area contributed by atoms with Gasteiger partial charge in [-0.3, -0.25) is 10.1 Å². The van der Waals surface area contributed by atoms with Crippen LogP contribution in [0.1, 0.15) is 10.4 Å². The zero-order valence-electron chi connectivity index (χ0n) is 12.5. The third kappa shape index (κ3) is 2.98. The zero-order valence-corrected chi connectivity index (χ0v) is 14.1. The van der Waals surface area contributed by atoms with E-state index < -0.39 is 10.9 Å². The molecule has 0 spiro atoms. The lowest BCUT2D eigenvalue weighted by molar-refractivity contribution is -0.384. The number of carbonyl (C=O) groups excluding carboxylic acids is 1. The van der Waals surface area contributed by atoms with Crippen molar-refractivity contribution in [3.8, 4) is 11.3 Å². The molecule has 120 valence electrons. The van der Waals surface area contributed by atoms with Crippen molar-refractivity contribution in [2.75, 3.05) is 7.11 Å². The predicted octanol–water partition coefficient (Wildman–Crippen LogP) is 4.36. The van der Waals surface area contributed by atoms with Gasteiger partial charge in [-0.1, -0.05) is 28.1 Å². The number of fused-ring (bicyclic) bond motifs is 1. The molecule has 1 aromatic heterocycles. The normalized spacial score (nSPS) is 10.6. The Morgan fingerprint density at radius 2 is 2.00 bits per heavy atom. The minimum atomic E-state index is -0.493. The van der Waals surface area contributed by atoms with E-state index in [1.54, 1.807) is 30.3 Å². The van der Waals surface area contributed by atoms with Gasteiger partial charge in [-0.25, -0.2) is 9.78 Å². The molecule has 0 bridgehead atoms. The number of esters is 1. The van der Waals surface area contributed by atoms with Crippen molar-refractivity contribution in [3.05, 3.63) is 68.7 Å². The first-order valence-electron chi connectivity index (χ1n) is 6.93. The Labute approximate surface area is 145 Å². The van der Waals surface area contributed by atoms with Gasteiger partial charge >= 0.3 is 5.97 Å². The topological polar surface area (TPSA) is 82.3 Å². The fourth-order valence-corrected chi connectivity index (χ4v) is 2.76. The van der Waals surface area contributed by atoms with Gasteiger partial charge in [-0.2, -0.15) is 0 Å². The van der Waals surface area contributed by atoms with E-state index in [1.807, 2.05) is 6.07 Å². The monoisotopic (exact) mass is 386 g/mol. The third-order valence-corrected chi connectivity index (χ3v) is 4.02. The number of hydrogen-bond acceptors (Lipinski definition) is 5. The maximum Gasteiger partial charge on any atom is 0.338 e. The molecular formula is C17H11BrN2O4. The Morgan fingerprint density at radius 3 is 2.71 bits per heavy atom. The van der Waals surface area contributed by atoms with Gasteiger partial charge in [-0.15, -0.1) is 0 Å². The molecular weight excluding hydrogens is 376 g/mol. The minimum Gasteiger partial charge on any atom is -0.465 e. The molecule has 1 heterocycles. The number of nitro groups is 1. The summed E-state index contributed by atoms with van der Waals surface area (Å²) in [6, 6.07) is 13.1. The number of rotatable bonds is 3. The highest BCUT2D eigenvalue weighted by molar-refractivity contribution is 9.10. The number of nitrogens with zero attached hydrogens (tertiary/aromatic N) is 2. The van der Waals surface area contributed by atoms with E-state index in [2.05, 4.69) is 20.9 Å². The number of ether oxygens (including phenoxy) is 1. The first kappa shape index (κ1) is 16.1. The first-order chi connectivity index (χ1) is 11.5. The molecule has 3 aromatic rings. The summed E-state index contributed by atoms with van der Waals surface area (Å²) in [7, 11) is 1.31. The van der Waals surface area contributed by atoms with E-state index in [0.29, 0.717) is 27.7 Å². The summed E-state index contributed by atoms with van der Waals surface area (Å²) in [6.07, 6.45) is 0. The quantitative estimate of drug-likeness (QED) is 0.379. The summed E-state index contributed by atoms with van der Waals surface area (Å²) < 4.78 is 5.66. The Kier molecular flexibility index (Phi) is 4.26. The van der Waals surface area contributed by atoms with Crippen LogP contribution in [0.5, 0.6) is 0 Å². The van der Waals surface area contributed by atoms with Gasteiger partial charge in [0.25, 0.3) is 5.69 Å². The highest BCUT2D eigenvalue weighted by Crippen LogP contribution is 2.29. The Morgan fingerprint density at radius 1 is 1.21 bits per heavy atom. The number of methoxy groups -OCH3 is 1. The molecule has 0 aliphatic heterocycles. The van der Waals surface area contributed by atoms with Crippen LogP contribution in [0.4, 0.5) is 5.69 Å². The minimum absolute atomic E-state index is 0.0372. The smallest absolute Gasteiger partial charge is 0.338 e. The highest BCUT2D eigenvalue weighted by Gasteiger charge is 2.16. The van der Waals surface area contributed by atoms with Crippen LogP contribution in [0.3, 0.4) is 0 Å². The molecule has 24 heavy (non-hydrogen) atoms. The van der Waals surface area contributed by atoms with Crippen LogP contribution in [0.2, 0.25) is 0 Å². The number of hydrogen-bond donors (Lipinski definition) is 0. The van der Waals surface area contributed by atoms with Crippen molar-refractivity contribution in [3.63, 3.8) is 0 Å². The van der Waals surface area contributed by atoms with Crippen molar-refractivity contribution in [1.82, 2.24) is 4.98 Å². The number of nitro benzene ring substituents is 1. The van der Waals surface area contributed by atoms with Crippen LogP contribution in [0.25, 0.3) is 22.2 Å². The maximum absolute atomic E-state index is 12.1. The van der Waals surface area contributed by atoms with Crippen LogP contribution < -0.4 is 0 Å². The zero-order chi connectivity index (χ0) is 17.3. The summed E-state index contributed by atoms with van der Waals surface area (Å²) in [5, 5.41) is 11.6. The molecule has 0 aliphatic carbocycles. The van der Waals surface area contributed by atoms with Gasteiger partial charge in [0.2, 0.25) is 0 Å². The number of benzene rings is 2. The average Bonchev–Trinajstić information content (AvgIpc) is 2.60. The van der Waals surface area contributed by atoms with E-state index in [0.717, 1.165) is 4.47 Å². The molecule has 0 saturated heterocycles. The fraction of sp³-hybridized carbons (Fsp3) is 0.0588. The molecule has 0 radical (unpaired) electrons. The van der Waals surface area contributed by atoms with Crippen LogP contribution in [-0.2, 0) is 4.74 Å². The van der Waals surface area contributed by atoms with Crippen molar-refractivity contribution in [2.24, 2.45) is 0 Å². The SMILES string of the molecule is COC(=O)c1cc(-c2cccc([N+](=O)[O-])c2)nc2ccc(Br)cc12. The lowest BCUT2D eigenvalue weighted by Crippen LogP contribution is -2.04. The summed E-state index contributed by atoms with van der Waals surface area (Å²) in [5.41, 5.74) is 1.94. The van der Waals surface area contributed by atoms with E-state index in [-0.39, 0.29) is 5.69 Å². The van der Waals surface area contributed by atoms with E-state index in [9.17, 15) is 14.9 Å². The highest BCUT2D eigenvalue weighted by atomic mass is 79.9. The second-order valence-corrected chi connectivity index (χ2v) is 5.93. The number of pyridine rings is 1. The molecule has 0 saturated carbocycles. The molecule has 0 amide bonds. The van der Waals surface area contributed by atoms with Gasteiger partial charge in [0, 0.05) is 27.6 Å². The van der Waals surface area contributed by atoms with Gasteiger partial charge in [0.05, 0.1) is 28.8 Å². The summed E-state index contributed by atoms with van der Waals surface area (Å²) in [6.45, 7) is 0. The van der Waals surface area contributed by atoms with Crippen LogP contribution in [0, 0.1) is 10.1 Å². The molecule has 0 aliphatic rings. The Balaban J connectivity index is 2.26. The lowest BCUT2D eigenvalue weighted by atomic mass is 10.0. The molecule has 0 fully saturated rings. The van der Waals surface area contributed by atoms with Crippen molar-refractivity contribution in [1.29, 1.82) is 0 Å². The average molecular weight is 387 g/mol. The molecule has 2 aromatic carbocycles. The molecule has 0 unspecified atom stereocenters. The molecule has 7 heteroatoms. The molecule has 0 N–H and O–H groups in total. The van der Waals surface area contributed by atoms with Crippen molar-refractivity contribution in [2.45, 2.75) is 0 Å². The van der Waals surface area contributed by atoms with Crippen LogP contribution >= 0.6 is 15.9 Å². The van der Waals surface area contributed by atoms with Crippen molar-refractivity contribution >= 4 is 38.5 Å². The van der Waals surface area contributed by atoms with Gasteiger partial charge in [0.15, 0.2) is 0 Å². The van der Waals surface area contributed by atoms with Gasteiger partial charge in [0.1, 0.15) is 0 Å². The van der Waals surface area contributed by atoms with Crippen LogP contribution in [0.15, 0.2) is 53.0 Å². The molecule has 3 rings (SSSR count).